The van der Waals surface area contributed by atoms with Gasteiger partial charge >= 0.3 is 0 Å². The van der Waals surface area contributed by atoms with Gasteiger partial charge in [0.05, 0.1) is 0 Å². The van der Waals surface area contributed by atoms with Gasteiger partial charge in [0, 0.05) is 12.3 Å². The zero-order valence-corrected chi connectivity index (χ0v) is 10.1. The summed E-state index contributed by atoms with van der Waals surface area (Å²) in [6.07, 6.45) is 5.75. The van der Waals surface area contributed by atoms with E-state index in [2.05, 4.69) is 27.4 Å². The minimum Gasteiger partial charge on any atom is -0.299 e. The Morgan fingerprint density at radius 1 is 1.50 bits per heavy atom. The predicted octanol–water partition coefficient (Wildman–Crippen LogP) is 3.98. The molecule has 0 unspecified atom stereocenters. The van der Waals surface area contributed by atoms with Crippen LogP contribution in [0.3, 0.4) is 0 Å². The average Bonchev–Trinajstić information content (AvgIpc) is 2.14. The lowest BCUT2D eigenvalue weighted by Gasteiger charge is -2.30. The molecule has 82 valence electrons. The minimum atomic E-state index is 0.135. The standard InChI is InChI=1S/C13H24O/c1-6-8-10-13(4,5)11(3)12(14)9-7-2/h7,11H,2,6,8-10H2,1,3-5H3/t11-/m0/s1. The van der Waals surface area contributed by atoms with E-state index in [1.54, 1.807) is 6.08 Å². The molecule has 0 rings (SSSR count). The summed E-state index contributed by atoms with van der Waals surface area (Å²) in [5, 5.41) is 0. The van der Waals surface area contributed by atoms with Crippen molar-refractivity contribution in [3.05, 3.63) is 12.7 Å². The van der Waals surface area contributed by atoms with Crippen molar-refractivity contribution in [1.82, 2.24) is 0 Å². The van der Waals surface area contributed by atoms with Gasteiger partial charge in [-0.3, -0.25) is 4.79 Å². The lowest BCUT2D eigenvalue weighted by atomic mass is 9.73. The Hall–Kier alpha value is -0.590. The highest BCUT2D eigenvalue weighted by molar-refractivity contribution is 5.82. The van der Waals surface area contributed by atoms with Gasteiger partial charge in [-0.15, -0.1) is 6.58 Å². The van der Waals surface area contributed by atoms with Crippen LogP contribution in [0.25, 0.3) is 0 Å². The van der Waals surface area contributed by atoms with Gasteiger partial charge in [0.15, 0.2) is 0 Å². The molecule has 0 aromatic rings. The third-order valence-electron chi connectivity index (χ3n) is 3.18. The molecular formula is C13H24O. The monoisotopic (exact) mass is 196 g/mol. The summed E-state index contributed by atoms with van der Waals surface area (Å²) in [5.74, 6) is 0.466. The van der Waals surface area contributed by atoms with Gasteiger partial charge in [-0.1, -0.05) is 46.6 Å². The van der Waals surface area contributed by atoms with E-state index in [0.717, 1.165) is 6.42 Å². The molecule has 0 amide bonds. The third kappa shape index (κ3) is 4.08. The lowest BCUT2D eigenvalue weighted by molar-refractivity contribution is -0.125. The summed E-state index contributed by atoms with van der Waals surface area (Å²) in [6.45, 7) is 12.2. The fraction of sp³-hybridized carbons (Fsp3) is 0.769. The molecule has 1 heteroatoms. The molecule has 0 bridgehead atoms. The lowest BCUT2D eigenvalue weighted by Crippen LogP contribution is -2.28. The van der Waals surface area contributed by atoms with Gasteiger partial charge in [-0.2, -0.15) is 0 Å². The highest BCUT2D eigenvalue weighted by atomic mass is 16.1. The van der Waals surface area contributed by atoms with Crippen molar-refractivity contribution in [2.75, 3.05) is 0 Å². The van der Waals surface area contributed by atoms with E-state index in [0.29, 0.717) is 12.2 Å². The van der Waals surface area contributed by atoms with Gasteiger partial charge in [0.25, 0.3) is 0 Å². The predicted molar refractivity (Wildman–Crippen MR) is 62.3 cm³/mol. The van der Waals surface area contributed by atoms with E-state index in [1.807, 2.05) is 6.92 Å². The van der Waals surface area contributed by atoms with Crippen LogP contribution in [0.15, 0.2) is 12.7 Å². The molecular weight excluding hydrogens is 172 g/mol. The van der Waals surface area contributed by atoms with Crippen LogP contribution in [0.4, 0.5) is 0 Å². The second-order valence-electron chi connectivity index (χ2n) is 4.77. The second kappa shape index (κ2) is 6.00. The molecule has 0 fully saturated rings. The van der Waals surface area contributed by atoms with Crippen molar-refractivity contribution in [2.45, 2.75) is 53.4 Å². The first kappa shape index (κ1) is 13.4. The maximum Gasteiger partial charge on any atom is 0.139 e. The first-order valence-corrected chi connectivity index (χ1v) is 5.59. The van der Waals surface area contributed by atoms with Crippen LogP contribution >= 0.6 is 0 Å². The van der Waals surface area contributed by atoms with Gasteiger partial charge < -0.3 is 0 Å². The van der Waals surface area contributed by atoms with E-state index in [4.69, 9.17) is 0 Å². The van der Waals surface area contributed by atoms with Gasteiger partial charge in [-0.25, -0.2) is 0 Å². The van der Waals surface area contributed by atoms with Gasteiger partial charge in [0.2, 0.25) is 0 Å². The molecule has 0 spiro atoms. The Bertz CT molecular complexity index is 191. The summed E-state index contributed by atoms with van der Waals surface area (Å²) in [6, 6.07) is 0. The number of Topliss-reactive ketones (excluding diaryl/α,β-unsaturated/α-hetero) is 1. The smallest absolute Gasteiger partial charge is 0.139 e. The Morgan fingerprint density at radius 3 is 2.50 bits per heavy atom. The quantitative estimate of drug-likeness (QED) is 0.563. The number of hydrogen-bond donors (Lipinski definition) is 0. The summed E-state index contributed by atoms with van der Waals surface area (Å²) >= 11 is 0. The van der Waals surface area contributed by atoms with Crippen molar-refractivity contribution in [3.8, 4) is 0 Å². The van der Waals surface area contributed by atoms with Gasteiger partial charge in [-0.05, 0) is 11.8 Å². The zero-order valence-electron chi connectivity index (χ0n) is 10.1. The number of unbranched alkanes of at least 4 members (excludes halogenated alkanes) is 1. The fourth-order valence-electron chi connectivity index (χ4n) is 1.60. The molecule has 14 heavy (non-hydrogen) atoms. The fourth-order valence-corrected chi connectivity index (χ4v) is 1.60. The third-order valence-corrected chi connectivity index (χ3v) is 3.18. The number of rotatable bonds is 7. The maximum absolute atomic E-state index is 11.7. The van der Waals surface area contributed by atoms with Crippen LogP contribution in [0, 0.1) is 11.3 Å². The Labute approximate surface area is 88.6 Å². The molecule has 0 aromatic carbocycles. The zero-order chi connectivity index (χ0) is 11.2. The normalized spacial score (nSPS) is 13.7. The Morgan fingerprint density at radius 2 is 2.07 bits per heavy atom. The minimum absolute atomic E-state index is 0.135. The van der Waals surface area contributed by atoms with Gasteiger partial charge in [0.1, 0.15) is 5.78 Å². The number of carbonyl (C=O) groups excluding carboxylic acids is 1. The second-order valence-corrected chi connectivity index (χ2v) is 4.77. The topological polar surface area (TPSA) is 17.1 Å². The molecule has 0 aromatic heterocycles. The summed E-state index contributed by atoms with van der Waals surface area (Å²) < 4.78 is 0. The number of carbonyl (C=O) groups is 1. The first-order valence-electron chi connectivity index (χ1n) is 5.59. The van der Waals surface area contributed by atoms with Crippen molar-refractivity contribution < 1.29 is 4.79 Å². The van der Waals surface area contributed by atoms with E-state index in [-0.39, 0.29) is 11.3 Å². The van der Waals surface area contributed by atoms with E-state index >= 15 is 0 Å². The van der Waals surface area contributed by atoms with Crippen molar-refractivity contribution in [3.63, 3.8) is 0 Å². The highest BCUT2D eigenvalue weighted by Crippen LogP contribution is 2.33. The Kier molecular flexibility index (Phi) is 5.75. The largest absolute Gasteiger partial charge is 0.299 e. The number of ketones is 1. The molecule has 1 nitrogen and oxygen atoms in total. The van der Waals surface area contributed by atoms with Crippen LogP contribution in [-0.2, 0) is 4.79 Å². The number of allylic oxidation sites excluding steroid dienone is 1. The van der Waals surface area contributed by atoms with E-state index < -0.39 is 0 Å². The molecule has 0 N–H and O–H groups in total. The molecule has 0 aliphatic heterocycles. The van der Waals surface area contributed by atoms with Crippen molar-refractivity contribution in [1.29, 1.82) is 0 Å². The highest BCUT2D eigenvalue weighted by Gasteiger charge is 2.29. The van der Waals surface area contributed by atoms with Crippen molar-refractivity contribution >= 4 is 5.78 Å². The Balaban J connectivity index is 4.24. The average molecular weight is 196 g/mol. The molecule has 0 radical (unpaired) electrons. The van der Waals surface area contributed by atoms with Crippen LogP contribution in [0.2, 0.25) is 0 Å². The van der Waals surface area contributed by atoms with Crippen molar-refractivity contribution in [2.24, 2.45) is 11.3 Å². The van der Waals surface area contributed by atoms with Crippen LogP contribution in [0.1, 0.15) is 53.4 Å². The molecule has 0 heterocycles. The first-order chi connectivity index (χ1) is 6.45. The van der Waals surface area contributed by atoms with E-state index in [1.165, 1.54) is 12.8 Å². The molecule has 1 atom stereocenters. The van der Waals surface area contributed by atoms with E-state index in [9.17, 15) is 4.79 Å². The SMILES string of the molecule is C=CCC(=O)[C@H](C)C(C)(C)CCCC. The molecule has 0 saturated carbocycles. The molecule has 0 aliphatic rings. The summed E-state index contributed by atoms with van der Waals surface area (Å²) in [7, 11) is 0. The summed E-state index contributed by atoms with van der Waals surface area (Å²) in [4.78, 5) is 11.7. The molecule has 0 aliphatic carbocycles. The summed E-state index contributed by atoms with van der Waals surface area (Å²) in [5.41, 5.74) is 0.135. The number of hydrogen-bond acceptors (Lipinski definition) is 1. The van der Waals surface area contributed by atoms with Crippen LogP contribution in [-0.4, -0.2) is 5.78 Å². The maximum atomic E-state index is 11.7. The van der Waals surface area contributed by atoms with Crippen LogP contribution in [0.5, 0.6) is 0 Å². The molecule has 0 saturated heterocycles. The van der Waals surface area contributed by atoms with Crippen LogP contribution < -0.4 is 0 Å².